The normalized spacial score (nSPS) is 11.2. The molecular formula is C12H15N3O2. The zero-order valence-corrected chi connectivity index (χ0v) is 9.92. The van der Waals surface area contributed by atoms with Crippen LogP contribution >= 0.6 is 0 Å². The van der Waals surface area contributed by atoms with Gasteiger partial charge in [0.2, 0.25) is 0 Å². The van der Waals surface area contributed by atoms with Gasteiger partial charge >= 0.3 is 5.97 Å². The van der Waals surface area contributed by atoms with Gasteiger partial charge in [-0.3, -0.25) is 0 Å². The Labute approximate surface area is 99.3 Å². The van der Waals surface area contributed by atoms with Crippen LogP contribution in [0.2, 0.25) is 0 Å². The molecule has 90 valence electrons. The monoisotopic (exact) mass is 233 g/mol. The third-order valence-electron chi connectivity index (χ3n) is 2.64. The van der Waals surface area contributed by atoms with Crippen molar-refractivity contribution < 1.29 is 9.90 Å². The highest BCUT2D eigenvalue weighted by atomic mass is 16.4. The molecule has 0 fully saturated rings. The number of carboxylic acids is 1. The maximum Gasteiger partial charge on any atom is 0.335 e. The molecule has 17 heavy (non-hydrogen) atoms. The van der Waals surface area contributed by atoms with Crippen LogP contribution in [0.25, 0.3) is 5.52 Å². The lowest BCUT2D eigenvalue weighted by atomic mass is 10.2. The summed E-state index contributed by atoms with van der Waals surface area (Å²) < 4.78 is 1.93. The lowest BCUT2D eigenvalue weighted by Crippen LogP contribution is -2.16. The van der Waals surface area contributed by atoms with Crippen LogP contribution < -0.4 is 0 Å². The maximum atomic E-state index is 10.8. The Morgan fingerprint density at radius 3 is 2.94 bits per heavy atom. The van der Waals surface area contributed by atoms with Crippen molar-refractivity contribution in [1.82, 2.24) is 14.3 Å². The van der Waals surface area contributed by atoms with E-state index in [1.807, 2.05) is 18.5 Å². The highest BCUT2D eigenvalue weighted by molar-refractivity contribution is 5.88. The summed E-state index contributed by atoms with van der Waals surface area (Å²) in [6, 6.07) is 3.23. The Bertz CT molecular complexity index is 546. The van der Waals surface area contributed by atoms with Gasteiger partial charge in [-0.15, -0.1) is 0 Å². The number of fused-ring (bicyclic) bond motifs is 1. The van der Waals surface area contributed by atoms with Crippen LogP contribution in [0.1, 0.15) is 16.2 Å². The van der Waals surface area contributed by atoms with E-state index in [2.05, 4.69) is 9.88 Å². The highest BCUT2D eigenvalue weighted by Gasteiger charge is 2.07. The van der Waals surface area contributed by atoms with Gasteiger partial charge in [-0.25, -0.2) is 9.78 Å². The molecule has 0 atom stereocenters. The average molecular weight is 233 g/mol. The van der Waals surface area contributed by atoms with Gasteiger partial charge < -0.3 is 14.4 Å². The first kappa shape index (κ1) is 11.6. The van der Waals surface area contributed by atoms with Gasteiger partial charge in [-0.1, -0.05) is 0 Å². The SMILES string of the molecule is CN(C)CCc1ncc2cc(C(=O)O)ccn12. The van der Waals surface area contributed by atoms with Gasteiger partial charge in [0.05, 0.1) is 17.3 Å². The molecule has 0 saturated carbocycles. The van der Waals surface area contributed by atoms with Crippen molar-refractivity contribution in [1.29, 1.82) is 0 Å². The minimum atomic E-state index is -0.913. The van der Waals surface area contributed by atoms with E-state index in [1.54, 1.807) is 24.5 Å². The van der Waals surface area contributed by atoms with Crippen LogP contribution in [0.5, 0.6) is 0 Å². The maximum absolute atomic E-state index is 10.8. The molecule has 0 saturated heterocycles. The van der Waals surface area contributed by atoms with E-state index >= 15 is 0 Å². The number of carboxylic acid groups (broad SMARTS) is 1. The fourth-order valence-corrected chi connectivity index (χ4v) is 1.70. The quantitative estimate of drug-likeness (QED) is 0.860. The zero-order valence-electron chi connectivity index (χ0n) is 9.92. The zero-order chi connectivity index (χ0) is 12.4. The van der Waals surface area contributed by atoms with E-state index in [-0.39, 0.29) is 5.56 Å². The molecule has 5 nitrogen and oxygen atoms in total. The second-order valence-electron chi connectivity index (χ2n) is 4.24. The van der Waals surface area contributed by atoms with Gasteiger partial charge in [-0.2, -0.15) is 0 Å². The number of pyridine rings is 1. The molecule has 0 unspecified atom stereocenters. The Balaban J connectivity index is 2.31. The van der Waals surface area contributed by atoms with E-state index in [4.69, 9.17) is 5.11 Å². The van der Waals surface area contributed by atoms with Crippen LogP contribution in [-0.2, 0) is 6.42 Å². The summed E-state index contributed by atoms with van der Waals surface area (Å²) in [5, 5.41) is 8.89. The summed E-state index contributed by atoms with van der Waals surface area (Å²) in [7, 11) is 4.02. The Morgan fingerprint density at radius 1 is 1.53 bits per heavy atom. The second-order valence-corrected chi connectivity index (χ2v) is 4.24. The number of hydrogen-bond acceptors (Lipinski definition) is 3. The molecule has 1 N–H and O–H groups in total. The summed E-state index contributed by atoms with van der Waals surface area (Å²) in [6.07, 6.45) is 4.31. The summed E-state index contributed by atoms with van der Waals surface area (Å²) in [5.74, 6) is 0.0363. The number of likely N-dealkylation sites (N-methyl/N-ethyl adjacent to an activating group) is 1. The molecule has 0 aliphatic rings. The topological polar surface area (TPSA) is 57.8 Å². The molecule has 2 aromatic heterocycles. The van der Waals surface area contributed by atoms with Gasteiger partial charge in [0, 0.05) is 19.2 Å². The first-order valence-corrected chi connectivity index (χ1v) is 5.42. The fourth-order valence-electron chi connectivity index (χ4n) is 1.70. The van der Waals surface area contributed by atoms with Gasteiger partial charge in [0.1, 0.15) is 5.82 Å². The largest absolute Gasteiger partial charge is 0.478 e. The molecule has 5 heteroatoms. The molecule has 0 spiro atoms. The third-order valence-corrected chi connectivity index (χ3v) is 2.64. The van der Waals surface area contributed by atoms with E-state index in [0.717, 1.165) is 24.3 Å². The van der Waals surface area contributed by atoms with Crippen LogP contribution in [0, 0.1) is 0 Å². The van der Waals surface area contributed by atoms with Gasteiger partial charge in [0.25, 0.3) is 0 Å². The summed E-state index contributed by atoms with van der Waals surface area (Å²) >= 11 is 0. The van der Waals surface area contributed by atoms with E-state index < -0.39 is 5.97 Å². The summed E-state index contributed by atoms with van der Waals surface area (Å²) in [6.45, 7) is 0.916. The number of nitrogens with zero attached hydrogens (tertiary/aromatic N) is 3. The molecule has 2 heterocycles. The predicted octanol–water partition coefficient (Wildman–Crippen LogP) is 1.14. The van der Waals surface area contributed by atoms with Crippen LogP contribution in [0.4, 0.5) is 0 Å². The van der Waals surface area contributed by atoms with E-state index in [0.29, 0.717) is 0 Å². The number of hydrogen-bond donors (Lipinski definition) is 1. The summed E-state index contributed by atoms with van der Waals surface area (Å²) in [4.78, 5) is 17.2. The minimum absolute atomic E-state index is 0.288. The Kier molecular flexibility index (Phi) is 3.10. The molecule has 0 radical (unpaired) electrons. The smallest absolute Gasteiger partial charge is 0.335 e. The third kappa shape index (κ3) is 2.45. The molecule has 2 rings (SSSR count). The number of aromatic nitrogens is 2. The van der Waals surface area contributed by atoms with Crippen LogP contribution in [0.3, 0.4) is 0 Å². The first-order valence-electron chi connectivity index (χ1n) is 5.42. The van der Waals surface area contributed by atoms with E-state index in [1.165, 1.54) is 0 Å². The molecule has 0 aliphatic heterocycles. The lowest BCUT2D eigenvalue weighted by Gasteiger charge is -2.08. The van der Waals surface area contributed by atoms with Gasteiger partial charge in [-0.05, 0) is 26.2 Å². The molecular weight excluding hydrogens is 218 g/mol. The number of rotatable bonds is 4. The van der Waals surface area contributed by atoms with Crippen LogP contribution in [0.15, 0.2) is 24.5 Å². The lowest BCUT2D eigenvalue weighted by molar-refractivity contribution is 0.0697. The Hall–Kier alpha value is -1.88. The minimum Gasteiger partial charge on any atom is -0.478 e. The average Bonchev–Trinajstić information content (AvgIpc) is 2.68. The van der Waals surface area contributed by atoms with Crippen molar-refractivity contribution in [2.75, 3.05) is 20.6 Å². The van der Waals surface area contributed by atoms with Crippen LogP contribution in [-0.4, -0.2) is 46.0 Å². The van der Waals surface area contributed by atoms with Crippen molar-refractivity contribution >= 4 is 11.5 Å². The molecule has 2 aromatic rings. The molecule has 0 aliphatic carbocycles. The number of imidazole rings is 1. The fraction of sp³-hybridized carbons (Fsp3) is 0.333. The van der Waals surface area contributed by atoms with Crippen molar-refractivity contribution in [3.63, 3.8) is 0 Å². The summed E-state index contributed by atoms with van der Waals surface area (Å²) in [5.41, 5.74) is 1.11. The van der Waals surface area contributed by atoms with Crippen molar-refractivity contribution in [2.24, 2.45) is 0 Å². The molecule has 0 bridgehead atoms. The van der Waals surface area contributed by atoms with Crippen molar-refractivity contribution in [3.8, 4) is 0 Å². The van der Waals surface area contributed by atoms with Crippen molar-refractivity contribution in [3.05, 3.63) is 35.9 Å². The highest BCUT2D eigenvalue weighted by Crippen LogP contribution is 2.10. The number of aromatic carboxylic acids is 1. The number of carbonyl (C=O) groups is 1. The van der Waals surface area contributed by atoms with E-state index in [9.17, 15) is 4.79 Å². The van der Waals surface area contributed by atoms with Gasteiger partial charge in [0.15, 0.2) is 0 Å². The second kappa shape index (κ2) is 4.55. The Morgan fingerprint density at radius 2 is 2.29 bits per heavy atom. The van der Waals surface area contributed by atoms with Crippen molar-refractivity contribution in [2.45, 2.75) is 6.42 Å². The first-order chi connectivity index (χ1) is 8.08. The molecule has 0 aromatic carbocycles. The standard InChI is InChI=1S/C12H15N3O2/c1-14(2)5-4-11-13-8-10-7-9(12(16)17)3-6-15(10)11/h3,6-8H,4-5H2,1-2H3,(H,16,17). The molecule has 0 amide bonds. The predicted molar refractivity (Wildman–Crippen MR) is 64.4 cm³/mol.